The van der Waals surface area contributed by atoms with E-state index in [-0.39, 0.29) is 31.0 Å². The highest BCUT2D eigenvalue weighted by Crippen LogP contribution is 2.29. The van der Waals surface area contributed by atoms with Crippen LogP contribution >= 0.6 is 0 Å². The van der Waals surface area contributed by atoms with Gasteiger partial charge in [-0.1, -0.05) is 18.1 Å². The molecule has 7 heteroatoms. The Labute approximate surface area is 156 Å². The van der Waals surface area contributed by atoms with Gasteiger partial charge in [-0.3, -0.25) is 4.79 Å². The number of carbonyl (C=O) groups is 1. The summed E-state index contributed by atoms with van der Waals surface area (Å²) in [6, 6.07) is 9.46. The molecule has 1 aliphatic rings. The van der Waals surface area contributed by atoms with Gasteiger partial charge in [0.15, 0.2) is 0 Å². The van der Waals surface area contributed by atoms with Gasteiger partial charge in [0.25, 0.3) is 5.92 Å². The van der Waals surface area contributed by atoms with E-state index in [1.807, 2.05) is 31.2 Å². The number of rotatable bonds is 4. The first-order chi connectivity index (χ1) is 12.8. The lowest BCUT2D eigenvalue weighted by atomic mass is 10.1. The monoisotopic (exact) mass is 370 g/mol. The van der Waals surface area contributed by atoms with E-state index < -0.39 is 5.92 Å². The van der Waals surface area contributed by atoms with Gasteiger partial charge >= 0.3 is 0 Å². The van der Waals surface area contributed by atoms with Crippen LogP contribution < -0.4 is 10.2 Å². The predicted octanol–water partition coefficient (Wildman–Crippen LogP) is 2.40. The minimum Gasteiger partial charge on any atom is -0.354 e. The van der Waals surface area contributed by atoms with Crippen LogP contribution in [0, 0.1) is 11.8 Å². The molecule has 27 heavy (non-hydrogen) atoms. The van der Waals surface area contributed by atoms with Crippen LogP contribution in [-0.4, -0.2) is 40.9 Å². The molecule has 0 radical (unpaired) electrons. The van der Waals surface area contributed by atoms with E-state index in [2.05, 4.69) is 27.1 Å². The van der Waals surface area contributed by atoms with E-state index in [1.54, 1.807) is 6.07 Å². The van der Waals surface area contributed by atoms with E-state index in [4.69, 9.17) is 0 Å². The second kappa shape index (κ2) is 7.70. The standard InChI is InChI=1S/C20H20F2N4O/c1-14(24-15(2)27)11-17-5-3-16(4-6-17)7-8-18-9-10-23-19(25-18)26-12-20(21,22)13-26/h3-6,9-10,14H,11-13H2,1-2H3,(H,24,27). The molecule has 3 rings (SSSR count). The maximum Gasteiger partial charge on any atom is 0.282 e. The average Bonchev–Trinajstić information content (AvgIpc) is 2.58. The molecule has 0 saturated carbocycles. The molecule has 0 aliphatic carbocycles. The number of nitrogens with one attached hydrogen (secondary N) is 1. The largest absolute Gasteiger partial charge is 0.354 e. The van der Waals surface area contributed by atoms with Gasteiger partial charge in [0.1, 0.15) is 5.69 Å². The van der Waals surface area contributed by atoms with Crippen LogP contribution in [0.1, 0.15) is 30.7 Å². The Morgan fingerprint density at radius 1 is 1.26 bits per heavy atom. The minimum absolute atomic E-state index is 0.0452. The number of carbonyl (C=O) groups excluding carboxylic acids is 1. The number of hydrogen-bond donors (Lipinski definition) is 1. The fraction of sp³-hybridized carbons (Fsp3) is 0.350. The van der Waals surface area contributed by atoms with Crippen molar-refractivity contribution in [3.05, 3.63) is 53.3 Å². The van der Waals surface area contributed by atoms with Crippen molar-refractivity contribution in [2.45, 2.75) is 32.2 Å². The average molecular weight is 370 g/mol. The zero-order valence-corrected chi connectivity index (χ0v) is 15.2. The summed E-state index contributed by atoms with van der Waals surface area (Å²) in [5, 5.41) is 2.85. The summed E-state index contributed by atoms with van der Waals surface area (Å²) in [5.74, 6) is 3.52. The van der Waals surface area contributed by atoms with Crippen molar-refractivity contribution in [1.29, 1.82) is 0 Å². The zero-order chi connectivity index (χ0) is 19.4. The number of anilines is 1. The first kappa shape index (κ1) is 18.8. The van der Waals surface area contributed by atoms with Crippen LogP contribution in [0.5, 0.6) is 0 Å². The highest BCUT2D eigenvalue weighted by atomic mass is 19.3. The summed E-state index contributed by atoms with van der Waals surface area (Å²) in [6.07, 6.45) is 2.26. The van der Waals surface area contributed by atoms with Crippen LogP contribution in [0.15, 0.2) is 36.5 Å². The molecular weight excluding hydrogens is 350 g/mol. The van der Waals surface area contributed by atoms with Gasteiger partial charge in [-0.05, 0) is 43.0 Å². The molecule has 1 N–H and O–H groups in total. The Morgan fingerprint density at radius 3 is 2.59 bits per heavy atom. The molecule has 0 bridgehead atoms. The molecular formula is C20H20F2N4O. The third-order valence-electron chi connectivity index (χ3n) is 4.05. The Morgan fingerprint density at radius 2 is 1.96 bits per heavy atom. The lowest BCUT2D eigenvalue weighted by molar-refractivity contribution is -0.119. The summed E-state index contributed by atoms with van der Waals surface area (Å²) in [5.41, 5.74) is 2.41. The molecule has 1 aliphatic heterocycles. The molecule has 1 fully saturated rings. The van der Waals surface area contributed by atoms with E-state index in [0.717, 1.165) is 17.5 Å². The van der Waals surface area contributed by atoms with Crippen molar-refractivity contribution in [2.75, 3.05) is 18.0 Å². The maximum atomic E-state index is 13.0. The molecule has 0 spiro atoms. The molecule has 2 aromatic rings. The van der Waals surface area contributed by atoms with Crippen molar-refractivity contribution < 1.29 is 13.6 Å². The quantitative estimate of drug-likeness (QED) is 0.840. The number of halogens is 2. The fourth-order valence-corrected chi connectivity index (χ4v) is 2.84. The molecule has 2 heterocycles. The topological polar surface area (TPSA) is 58.1 Å². The van der Waals surface area contributed by atoms with Crippen LogP contribution in [0.4, 0.5) is 14.7 Å². The summed E-state index contributed by atoms with van der Waals surface area (Å²) in [4.78, 5) is 20.7. The third kappa shape index (κ3) is 5.23. The summed E-state index contributed by atoms with van der Waals surface area (Å²) >= 11 is 0. The van der Waals surface area contributed by atoms with E-state index >= 15 is 0 Å². The molecule has 1 atom stereocenters. The van der Waals surface area contributed by atoms with Gasteiger partial charge in [-0.15, -0.1) is 0 Å². The molecule has 5 nitrogen and oxygen atoms in total. The normalized spacial score (nSPS) is 15.9. The first-order valence-electron chi connectivity index (χ1n) is 8.65. The summed E-state index contributed by atoms with van der Waals surface area (Å²) < 4.78 is 25.9. The number of amides is 1. The van der Waals surface area contributed by atoms with Crippen LogP contribution in [0.25, 0.3) is 0 Å². The van der Waals surface area contributed by atoms with Crippen LogP contribution in [-0.2, 0) is 11.2 Å². The lowest BCUT2D eigenvalue weighted by Crippen LogP contribution is -2.57. The first-order valence-corrected chi connectivity index (χ1v) is 8.65. The van der Waals surface area contributed by atoms with E-state index in [9.17, 15) is 13.6 Å². The Kier molecular flexibility index (Phi) is 5.36. The smallest absolute Gasteiger partial charge is 0.282 e. The highest BCUT2D eigenvalue weighted by Gasteiger charge is 2.45. The van der Waals surface area contributed by atoms with Crippen LogP contribution in [0.2, 0.25) is 0 Å². The second-order valence-corrected chi connectivity index (χ2v) is 6.71. The molecule has 1 amide bonds. The lowest BCUT2D eigenvalue weighted by Gasteiger charge is -2.38. The van der Waals surface area contributed by atoms with Crippen molar-refractivity contribution in [3.8, 4) is 11.8 Å². The second-order valence-electron chi connectivity index (χ2n) is 6.71. The van der Waals surface area contributed by atoms with Crippen molar-refractivity contribution in [2.24, 2.45) is 0 Å². The van der Waals surface area contributed by atoms with Gasteiger partial charge in [-0.25, -0.2) is 18.7 Å². The number of nitrogens with zero attached hydrogens (tertiary/aromatic N) is 3. The zero-order valence-electron chi connectivity index (χ0n) is 15.2. The molecule has 1 aromatic heterocycles. The SMILES string of the molecule is CC(=O)NC(C)Cc1ccc(C#Cc2ccnc(N3CC(F)(F)C3)n2)cc1. The maximum absolute atomic E-state index is 13.0. The van der Waals surface area contributed by atoms with Crippen molar-refractivity contribution in [1.82, 2.24) is 15.3 Å². The predicted molar refractivity (Wildman–Crippen MR) is 98.6 cm³/mol. The molecule has 140 valence electrons. The molecule has 1 unspecified atom stereocenters. The third-order valence-corrected chi connectivity index (χ3v) is 4.05. The summed E-state index contributed by atoms with van der Waals surface area (Å²) in [6.45, 7) is 2.74. The molecule has 1 saturated heterocycles. The number of hydrogen-bond acceptors (Lipinski definition) is 4. The fourth-order valence-electron chi connectivity index (χ4n) is 2.84. The number of aromatic nitrogens is 2. The number of benzene rings is 1. The highest BCUT2D eigenvalue weighted by molar-refractivity contribution is 5.73. The molecule has 1 aromatic carbocycles. The Balaban J connectivity index is 1.63. The van der Waals surface area contributed by atoms with Crippen molar-refractivity contribution >= 4 is 11.9 Å². The van der Waals surface area contributed by atoms with Gasteiger partial charge in [0.05, 0.1) is 13.1 Å². The van der Waals surface area contributed by atoms with Crippen molar-refractivity contribution in [3.63, 3.8) is 0 Å². The Bertz CT molecular complexity index is 879. The van der Waals surface area contributed by atoms with Gasteiger partial charge < -0.3 is 10.2 Å². The van der Waals surface area contributed by atoms with Crippen LogP contribution in [0.3, 0.4) is 0 Å². The number of alkyl halides is 2. The van der Waals surface area contributed by atoms with Gasteiger partial charge in [0, 0.05) is 24.7 Å². The van der Waals surface area contributed by atoms with Gasteiger partial charge in [-0.2, -0.15) is 0 Å². The summed E-state index contributed by atoms with van der Waals surface area (Å²) in [7, 11) is 0. The Hall–Kier alpha value is -3.01. The van der Waals surface area contributed by atoms with E-state index in [0.29, 0.717) is 5.69 Å². The van der Waals surface area contributed by atoms with Gasteiger partial charge in [0.2, 0.25) is 11.9 Å². The van der Waals surface area contributed by atoms with E-state index in [1.165, 1.54) is 18.0 Å². The minimum atomic E-state index is -2.66.